The first-order valence-electron chi connectivity index (χ1n) is 7.03. The van der Waals surface area contributed by atoms with Gasteiger partial charge in [0.15, 0.2) is 0 Å². The maximum absolute atomic E-state index is 11.2. The molecule has 3 nitrogen and oxygen atoms in total. The molecule has 2 atom stereocenters. The van der Waals surface area contributed by atoms with Gasteiger partial charge in [0.1, 0.15) is 5.60 Å². The number of likely N-dealkylation sites (tertiary alicyclic amines) is 1. The summed E-state index contributed by atoms with van der Waals surface area (Å²) in [5, 5.41) is 14.6. The van der Waals surface area contributed by atoms with Gasteiger partial charge in [-0.25, -0.2) is 0 Å². The molecular formula is C15H22N2O. The molecule has 0 aromatic heterocycles. The minimum atomic E-state index is -0.684. The third kappa shape index (κ3) is 2.07. The van der Waals surface area contributed by atoms with Crippen LogP contribution in [0.5, 0.6) is 0 Å². The van der Waals surface area contributed by atoms with Gasteiger partial charge in [0.2, 0.25) is 0 Å². The van der Waals surface area contributed by atoms with Gasteiger partial charge in [-0.05, 0) is 44.5 Å². The van der Waals surface area contributed by atoms with E-state index in [0.717, 1.165) is 38.2 Å². The van der Waals surface area contributed by atoms with Crippen molar-refractivity contribution in [2.45, 2.75) is 30.9 Å². The van der Waals surface area contributed by atoms with Gasteiger partial charge in [0, 0.05) is 6.54 Å². The lowest BCUT2D eigenvalue weighted by Crippen LogP contribution is -2.59. The number of nitrogens with zero attached hydrogens (tertiary/aromatic N) is 1. The van der Waals surface area contributed by atoms with Crippen LogP contribution in [-0.4, -0.2) is 42.2 Å². The van der Waals surface area contributed by atoms with E-state index in [9.17, 15) is 5.11 Å². The van der Waals surface area contributed by atoms with Crippen molar-refractivity contribution < 1.29 is 5.11 Å². The van der Waals surface area contributed by atoms with E-state index >= 15 is 0 Å². The summed E-state index contributed by atoms with van der Waals surface area (Å²) >= 11 is 0. The number of rotatable bonds is 2. The van der Waals surface area contributed by atoms with Crippen LogP contribution in [0, 0.1) is 0 Å². The van der Waals surface area contributed by atoms with Crippen molar-refractivity contribution in [3.05, 3.63) is 35.9 Å². The zero-order valence-electron chi connectivity index (χ0n) is 10.8. The van der Waals surface area contributed by atoms with Gasteiger partial charge in [-0.3, -0.25) is 4.90 Å². The molecule has 0 radical (unpaired) electrons. The Morgan fingerprint density at radius 1 is 1.17 bits per heavy atom. The third-order valence-corrected chi connectivity index (χ3v) is 4.43. The van der Waals surface area contributed by atoms with Crippen molar-refractivity contribution in [3.63, 3.8) is 0 Å². The van der Waals surface area contributed by atoms with E-state index < -0.39 is 5.60 Å². The lowest BCUT2D eigenvalue weighted by Gasteiger charge is -2.45. The molecule has 2 fully saturated rings. The Morgan fingerprint density at radius 2 is 1.89 bits per heavy atom. The molecule has 98 valence electrons. The lowest BCUT2D eigenvalue weighted by atomic mass is 9.80. The summed E-state index contributed by atoms with van der Waals surface area (Å²) in [4.78, 5) is 2.46. The molecule has 0 bridgehead atoms. The second kappa shape index (κ2) is 5.00. The van der Waals surface area contributed by atoms with E-state index in [1.54, 1.807) is 0 Å². The molecule has 1 aromatic rings. The SMILES string of the molecule is O[C@]1(c2ccccc2)CCNC[C@H]1N1CCCC1. The van der Waals surface area contributed by atoms with Gasteiger partial charge in [-0.15, -0.1) is 0 Å². The Morgan fingerprint density at radius 3 is 2.61 bits per heavy atom. The fraction of sp³-hybridized carbons (Fsp3) is 0.600. The van der Waals surface area contributed by atoms with Crippen molar-refractivity contribution in [2.24, 2.45) is 0 Å². The summed E-state index contributed by atoms with van der Waals surface area (Å²) < 4.78 is 0. The van der Waals surface area contributed by atoms with Crippen LogP contribution in [0.3, 0.4) is 0 Å². The van der Waals surface area contributed by atoms with E-state index in [4.69, 9.17) is 0 Å². The van der Waals surface area contributed by atoms with E-state index in [1.165, 1.54) is 12.8 Å². The van der Waals surface area contributed by atoms with Crippen molar-refractivity contribution in [3.8, 4) is 0 Å². The van der Waals surface area contributed by atoms with Gasteiger partial charge in [0.25, 0.3) is 0 Å². The zero-order chi connectivity index (χ0) is 12.4. The van der Waals surface area contributed by atoms with E-state index in [2.05, 4.69) is 22.3 Å². The lowest BCUT2D eigenvalue weighted by molar-refractivity contribution is -0.0661. The van der Waals surface area contributed by atoms with Crippen LogP contribution in [0.25, 0.3) is 0 Å². The standard InChI is InChI=1S/C15H22N2O/c18-15(13-6-2-1-3-7-13)8-9-16-12-14(15)17-10-4-5-11-17/h1-3,6-7,14,16,18H,4-5,8-12H2/t14-,15+/m1/s1. The molecule has 18 heavy (non-hydrogen) atoms. The van der Waals surface area contributed by atoms with Crippen molar-refractivity contribution in [1.29, 1.82) is 0 Å². The highest BCUT2D eigenvalue weighted by atomic mass is 16.3. The molecule has 0 aliphatic carbocycles. The summed E-state index contributed by atoms with van der Waals surface area (Å²) in [7, 11) is 0. The Hall–Kier alpha value is -0.900. The van der Waals surface area contributed by atoms with Gasteiger partial charge in [-0.2, -0.15) is 0 Å². The number of aliphatic hydroxyl groups is 1. The van der Waals surface area contributed by atoms with E-state index in [1.807, 2.05) is 18.2 Å². The first kappa shape index (κ1) is 12.2. The normalized spacial score (nSPS) is 33.7. The number of benzene rings is 1. The van der Waals surface area contributed by atoms with Gasteiger partial charge in [-0.1, -0.05) is 30.3 Å². The van der Waals surface area contributed by atoms with Crippen LogP contribution in [-0.2, 0) is 5.60 Å². The number of hydrogen-bond acceptors (Lipinski definition) is 3. The molecule has 2 N–H and O–H groups in total. The molecule has 0 saturated carbocycles. The highest BCUT2D eigenvalue weighted by Gasteiger charge is 2.43. The topological polar surface area (TPSA) is 35.5 Å². The number of piperidine rings is 1. The molecule has 2 heterocycles. The van der Waals surface area contributed by atoms with Gasteiger partial charge < -0.3 is 10.4 Å². The third-order valence-electron chi connectivity index (χ3n) is 4.43. The Bertz CT molecular complexity index is 389. The first-order chi connectivity index (χ1) is 8.81. The average molecular weight is 246 g/mol. The maximum atomic E-state index is 11.2. The highest BCUT2D eigenvalue weighted by molar-refractivity contribution is 5.26. The molecule has 1 aromatic carbocycles. The molecule has 3 heteroatoms. The average Bonchev–Trinajstić information content (AvgIpc) is 2.94. The van der Waals surface area contributed by atoms with Crippen molar-refractivity contribution in [2.75, 3.05) is 26.2 Å². The highest BCUT2D eigenvalue weighted by Crippen LogP contribution is 2.34. The minimum absolute atomic E-state index is 0.219. The largest absolute Gasteiger partial charge is 0.383 e. The summed E-state index contributed by atoms with van der Waals surface area (Å²) in [5.41, 5.74) is 0.389. The molecule has 0 spiro atoms. The Labute approximate surface area is 109 Å². The Balaban J connectivity index is 1.90. The molecule has 0 unspecified atom stereocenters. The molecule has 0 amide bonds. The second-order valence-electron chi connectivity index (χ2n) is 5.50. The maximum Gasteiger partial charge on any atom is 0.107 e. The monoisotopic (exact) mass is 246 g/mol. The molecule has 2 aliphatic heterocycles. The molecule has 2 aliphatic rings. The molecule has 2 saturated heterocycles. The number of nitrogens with one attached hydrogen (secondary N) is 1. The fourth-order valence-corrected chi connectivity index (χ4v) is 3.40. The fourth-order valence-electron chi connectivity index (χ4n) is 3.40. The van der Waals surface area contributed by atoms with Crippen molar-refractivity contribution >= 4 is 0 Å². The van der Waals surface area contributed by atoms with Crippen LogP contribution in [0.4, 0.5) is 0 Å². The van der Waals surface area contributed by atoms with Crippen LogP contribution in [0.2, 0.25) is 0 Å². The predicted octanol–water partition coefficient (Wildman–Crippen LogP) is 1.33. The Kier molecular flexibility index (Phi) is 3.37. The van der Waals surface area contributed by atoms with E-state index in [0.29, 0.717) is 0 Å². The molecule has 3 rings (SSSR count). The van der Waals surface area contributed by atoms with Gasteiger partial charge >= 0.3 is 0 Å². The first-order valence-corrected chi connectivity index (χ1v) is 7.03. The molecular weight excluding hydrogens is 224 g/mol. The quantitative estimate of drug-likeness (QED) is 0.826. The van der Waals surface area contributed by atoms with Gasteiger partial charge in [0.05, 0.1) is 6.04 Å². The summed E-state index contributed by atoms with van der Waals surface area (Å²) in [6.07, 6.45) is 3.33. The van der Waals surface area contributed by atoms with E-state index in [-0.39, 0.29) is 6.04 Å². The van der Waals surface area contributed by atoms with Crippen LogP contribution < -0.4 is 5.32 Å². The minimum Gasteiger partial charge on any atom is -0.383 e. The second-order valence-corrected chi connectivity index (χ2v) is 5.50. The summed E-state index contributed by atoms with van der Waals surface area (Å²) in [6.45, 7) is 4.05. The van der Waals surface area contributed by atoms with Crippen LogP contribution in [0.15, 0.2) is 30.3 Å². The summed E-state index contributed by atoms with van der Waals surface area (Å²) in [5.74, 6) is 0. The predicted molar refractivity (Wildman–Crippen MR) is 72.4 cm³/mol. The summed E-state index contributed by atoms with van der Waals surface area (Å²) in [6, 6.07) is 10.4. The van der Waals surface area contributed by atoms with Crippen LogP contribution >= 0.6 is 0 Å². The van der Waals surface area contributed by atoms with Crippen molar-refractivity contribution in [1.82, 2.24) is 10.2 Å². The number of hydrogen-bond donors (Lipinski definition) is 2. The zero-order valence-corrected chi connectivity index (χ0v) is 10.8. The van der Waals surface area contributed by atoms with Crippen LogP contribution in [0.1, 0.15) is 24.8 Å². The smallest absolute Gasteiger partial charge is 0.107 e.